The van der Waals surface area contributed by atoms with E-state index in [-0.39, 0.29) is 5.69 Å². The van der Waals surface area contributed by atoms with E-state index in [1.807, 2.05) is 24.3 Å². The molecule has 2 rings (SSSR count). The van der Waals surface area contributed by atoms with Crippen LogP contribution in [-0.4, -0.2) is 18.1 Å². The van der Waals surface area contributed by atoms with Crippen LogP contribution in [0.3, 0.4) is 0 Å². The molecule has 2 aromatic rings. The van der Waals surface area contributed by atoms with E-state index in [1.54, 1.807) is 0 Å². The molecule has 0 fully saturated rings. The van der Waals surface area contributed by atoms with Crippen LogP contribution in [-0.2, 0) is 6.42 Å². The summed E-state index contributed by atoms with van der Waals surface area (Å²) in [5.41, 5.74) is 1.64. The zero-order valence-electron chi connectivity index (χ0n) is 12.2. The number of hydrogen-bond acceptors (Lipinski definition) is 4. The van der Waals surface area contributed by atoms with Crippen LogP contribution in [0.2, 0.25) is 5.02 Å². The Hall–Kier alpha value is -2.27. The molecule has 0 saturated carbocycles. The number of ether oxygens (including phenoxy) is 1. The van der Waals surface area contributed by atoms with E-state index in [1.165, 1.54) is 23.8 Å². The number of halogens is 1. The van der Waals surface area contributed by atoms with E-state index in [4.69, 9.17) is 16.3 Å². The van der Waals surface area contributed by atoms with Gasteiger partial charge in [0.05, 0.1) is 4.92 Å². The fourth-order valence-electron chi connectivity index (χ4n) is 1.99. The van der Waals surface area contributed by atoms with Gasteiger partial charge in [-0.2, -0.15) is 0 Å². The lowest BCUT2D eigenvalue weighted by molar-refractivity contribution is -0.384. The van der Waals surface area contributed by atoms with Crippen molar-refractivity contribution in [1.82, 2.24) is 0 Å². The summed E-state index contributed by atoms with van der Waals surface area (Å²) in [5, 5.41) is 14.4. The van der Waals surface area contributed by atoms with Crippen LogP contribution in [0.5, 0.6) is 5.75 Å². The first kappa shape index (κ1) is 16.1. The van der Waals surface area contributed by atoms with Gasteiger partial charge in [0.2, 0.25) is 0 Å². The Balaban J connectivity index is 1.88. The number of benzene rings is 2. The van der Waals surface area contributed by atoms with Crippen molar-refractivity contribution in [2.24, 2.45) is 0 Å². The average molecular weight is 321 g/mol. The molecule has 0 aliphatic rings. The summed E-state index contributed by atoms with van der Waals surface area (Å²) in [4.78, 5) is 10.5. The summed E-state index contributed by atoms with van der Waals surface area (Å²) < 4.78 is 5.59. The third kappa shape index (κ3) is 4.36. The van der Waals surface area contributed by atoms with Gasteiger partial charge in [0.1, 0.15) is 18.0 Å². The van der Waals surface area contributed by atoms with Gasteiger partial charge in [-0.3, -0.25) is 10.1 Å². The minimum absolute atomic E-state index is 0.00306. The fourth-order valence-corrected chi connectivity index (χ4v) is 2.16. The molecule has 0 aromatic heterocycles. The molecule has 6 heteroatoms. The lowest BCUT2D eigenvalue weighted by Gasteiger charge is -2.09. The third-order valence-corrected chi connectivity index (χ3v) is 3.41. The van der Waals surface area contributed by atoms with Gasteiger partial charge in [0.25, 0.3) is 5.69 Å². The van der Waals surface area contributed by atoms with Crippen LogP contribution in [0.4, 0.5) is 11.4 Å². The maximum Gasteiger partial charge on any atom is 0.292 e. The number of aryl methyl sites for hydroxylation is 1. The molecule has 0 aliphatic heterocycles. The Morgan fingerprint density at radius 3 is 2.59 bits per heavy atom. The van der Waals surface area contributed by atoms with Crippen LogP contribution in [0.25, 0.3) is 0 Å². The lowest BCUT2D eigenvalue weighted by Crippen LogP contribution is -2.12. The van der Waals surface area contributed by atoms with Crippen LogP contribution in [0.15, 0.2) is 42.5 Å². The van der Waals surface area contributed by atoms with Crippen molar-refractivity contribution in [1.29, 1.82) is 0 Å². The third-order valence-electron chi connectivity index (χ3n) is 3.17. The summed E-state index contributed by atoms with van der Waals surface area (Å²) in [6, 6.07) is 12.3. The minimum atomic E-state index is -0.441. The predicted molar refractivity (Wildman–Crippen MR) is 87.9 cm³/mol. The van der Waals surface area contributed by atoms with E-state index >= 15 is 0 Å². The van der Waals surface area contributed by atoms with E-state index in [2.05, 4.69) is 12.2 Å². The van der Waals surface area contributed by atoms with Crippen molar-refractivity contribution < 1.29 is 9.66 Å². The summed E-state index contributed by atoms with van der Waals surface area (Å²) in [7, 11) is 0. The number of rotatable bonds is 7. The zero-order valence-corrected chi connectivity index (χ0v) is 13.0. The minimum Gasteiger partial charge on any atom is -0.492 e. The van der Waals surface area contributed by atoms with Gasteiger partial charge in [0, 0.05) is 17.6 Å². The number of anilines is 1. The van der Waals surface area contributed by atoms with Crippen LogP contribution >= 0.6 is 11.6 Å². The fraction of sp³-hybridized carbons (Fsp3) is 0.250. The maximum atomic E-state index is 10.9. The van der Waals surface area contributed by atoms with E-state index in [0.717, 1.165) is 12.2 Å². The van der Waals surface area contributed by atoms with Crippen LogP contribution in [0, 0.1) is 10.1 Å². The molecule has 0 unspecified atom stereocenters. The molecular weight excluding hydrogens is 304 g/mol. The van der Waals surface area contributed by atoms with Gasteiger partial charge >= 0.3 is 0 Å². The highest BCUT2D eigenvalue weighted by atomic mass is 35.5. The molecule has 22 heavy (non-hydrogen) atoms. The number of nitro groups is 1. The Labute approximate surface area is 134 Å². The molecule has 2 aromatic carbocycles. The zero-order chi connectivity index (χ0) is 15.9. The van der Waals surface area contributed by atoms with Gasteiger partial charge in [-0.05, 0) is 36.2 Å². The van der Waals surface area contributed by atoms with Gasteiger partial charge in [-0.25, -0.2) is 0 Å². The second kappa shape index (κ2) is 7.66. The van der Waals surface area contributed by atoms with E-state index in [0.29, 0.717) is 23.9 Å². The smallest absolute Gasteiger partial charge is 0.292 e. The molecule has 0 radical (unpaired) electrons. The van der Waals surface area contributed by atoms with E-state index in [9.17, 15) is 10.1 Å². The molecule has 0 saturated heterocycles. The van der Waals surface area contributed by atoms with Crippen molar-refractivity contribution in [3.05, 3.63) is 63.2 Å². The summed E-state index contributed by atoms with van der Waals surface area (Å²) in [5.74, 6) is 0.777. The lowest BCUT2D eigenvalue weighted by atomic mass is 10.2. The predicted octanol–water partition coefficient (Wildman–Crippen LogP) is 4.30. The normalized spacial score (nSPS) is 10.3. The van der Waals surface area contributed by atoms with Crippen molar-refractivity contribution in [2.45, 2.75) is 13.3 Å². The quantitative estimate of drug-likeness (QED) is 0.469. The van der Waals surface area contributed by atoms with Gasteiger partial charge in [-0.15, -0.1) is 0 Å². The topological polar surface area (TPSA) is 64.4 Å². The molecule has 0 atom stereocenters. The van der Waals surface area contributed by atoms with Crippen molar-refractivity contribution in [3.8, 4) is 5.75 Å². The number of nitro benzene ring substituents is 1. The molecular formula is C16H17ClN2O3. The van der Waals surface area contributed by atoms with E-state index < -0.39 is 4.92 Å². The molecule has 116 valence electrons. The van der Waals surface area contributed by atoms with Crippen molar-refractivity contribution >= 4 is 23.0 Å². The molecule has 0 spiro atoms. The van der Waals surface area contributed by atoms with Gasteiger partial charge in [0.15, 0.2) is 0 Å². The maximum absolute atomic E-state index is 10.9. The first-order valence-corrected chi connectivity index (χ1v) is 7.37. The highest BCUT2D eigenvalue weighted by Gasteiger charge is 2.13. The summed E-state index contributed by atoms with van der Waals surface area (Å²) >= 11 is 5.86. The molecule has 0 aliphatic carbocycles. The van der Waals surface area contributed by atoms with Crippen LogP contribution in [0.1, 0.15) is 12.5 Å². The summed E-state index contributed by atoms with van der Waals surface area (Å²) in [6.45, 7) is 2.93. The van der Waals surface area contributed by atoms with Crippen molar-refractivity contribution in [3.63, 3.8) is 0 Å². The second-order valence-corrected chi connectivity index (χ2v) is 5.13. The van der Waals surface area contributed by atoms with Gasteiger partial charge in [-0.1, -0.05) is 30.7 Å². The Bertz CT molecular complexity index is 644. The average Bonchev–Trinajstić information content (AvgIpc) is 2.52. The standard InChI is InChI=1S/C16H17ClN2O3/c1-2-12-3-6-14(7-4-12)22-10-9-18-15-11-13(17)5-8-16(15)19(20)21/h3-8,11,18H,2,9-10H2,1H3. The molecule has 0 bridgehead atoms. The monoisotopic (exact) mass is 320 g/mol. The Kier molecular flexibility index (Phi) is 5.61. The highest BCUT2D eigenvalue weighted by molar-refractivity contribution is 6.31. The Morgan fingerprint density at radius 2 is 1.95 bits per heavy atom. The SMILES string of the molecule is CCc1ccc(OCCNc2cc(Cl)ccc2[N+](=O)[O-])cc1. The molecule has 0 heterocycles. The van der Waals surface area contributed by atoms with Crippen molar-refractivity contribution in [2.75, 3.05) is 18.5 Å². The largest absolute Gasteiger partial charge is 0.492 e. The molecule has 1 N–H and O–H groups in total. The molecule has 0 amide bonds. The van der Waals surface area contributed by atoms with Crippen LogP contribution < -0.4 is 10.1 Å². The first-order chi connectivity index (χ1) is 10.6. The number of nitrogens with one attached hydrogen (secondary N) is 1. The molecule has 5 nitrogen and oxygen atoms in total. The highest BCUT2D eigenvalue weighted by Crippen LogP contribution is 2.27. The Morgan fingerprint density at radius 1 is 1.23 bits per heavy atom. The second-order valence-electron chi connectivity index (χ2n) is 4.69. The number of hydrogen-bond donors (Lipinski definition) is 1. The number of nitrogens with zero attached hydrogens (tertiary/aromatic N) is 1. The first-order valence-electron chi connectivity index (χ1n) is 6.99. The van der Waals surface area contributed by atoms with Gasteiger partial charge < -0.3 is 10.1 Å². The summed E-state index contributed by atoms with van der Waals surface area (Å²) in [6.07, 6.45) is 0.986.